The molecule has 4 amide bonds. The molecule has 1 atom stereocenters. The van der Waals surface area contributed by atoms with Crippen molar-refractivity contribution in [3.05, 3.63) is 64.2 Å². The van der Waals surface area contributed by atoms with Crippen LogP contribution < -0.4 is 32.2 Å². The average Bonchev–Trinajstić information content (AvgIpc) is 2.95. The number of benzene rings is 2. The van der Waals surface area contributed by atoms with E-state index in [0.29, 0.717) is 17.8 Å². The van der Waals surface area contributed by atoms with Crippen molar-refractivity contribution in [1.82, 2.24) is 10.6 Å². The van der Waals surface area contributed by atoms with E-state index in [0.717, 1.165) is 6.42 Å². The second-order valence-electron chi connectivity index (χ2n) is 8.42. The number of non-ortho nitro benzene ring substituents is 1. The highest BCUT2D eigenvalue weighted by Crippen LogP contribution is 2.18. The Kier molecular flexibility index (Phi) is 17.9. The third-order valence-electron chi connectivity index (χ3n) is 4.84. The number of carbonyl (C=O) groups is 4. The first kappa shape index (κ1) is 36.3. The molecule has 0 aliphatic carbocycles. The number of rotatable bonds is 11. The maximum absolute atomic E-state index is 12.0. The van der Waals surface area contributed by atoms with Crippen LogP contribution in [0.4, 0.5) is 21.0 Å². The molecule has 0 fully saturated rings. The van der Waals surface area contributed by atoms with Gasteiger partial charge >= 0.3 is 12.2 Å². The summed E-state index contributed by atoms with van der Waals surface area (Å²) < 4.78 is 9.94. The fourth-order valence-electron chi connectivity index (χ4n) is 2.63. The minimum Gasteiger partial charge on any atom is -0.429 e. The number of anilines is 1. The Morgan fingerprint density at radius 3 is 2.02 bits per heavy atom. The van der Waals surface area contributed by atoms with Crippen LogP contribution in [0.3, 0.4) is 0 Å². The summed E-state index contributed by atoms with van der Waals surface area (Å²) in [5.41, 5.74) is 11.4. The van der Waals surface area contributed by atoms with E-state index in [1.165, 1.54) is 24.3 Å². The Hall–Kier alpha value is -4.72. The molecular formula is C27H40N6O8. The molecule has 14 heteroatoms. The van der Waals surface area contributed by atoms with Gasteiger partial charge in [-0.1, -0.05) is 46.8 Å². The van der Waals surface area contributed by atoms with Crippen molar-refractivity contribution in [2.75, 3.05) is 18.4 Å². The normalized spacial score (nSPS) is 10.4. The molecule has 0 heterocycles. The van der Waals surface area contributed by atoms with E-state index in [9.17, 15) is 29.3 Å². The highest BCUT2D eigenvalue weighted by atomic mass is 16.7. The van der Waals surface area contributed by atoms with Crippen LogP contribution in [-0.4, -0.2) is 48.1 Å². The van der Waals surface area contributed by atoms with Crippen LogP contribution >= 0.6 is 0 Å². The summed E-state index contributed by atoms with van der Waals surface area (Å²) in [7, 11) is 0. The largest absolute Gasteiger partial charge is 0.514 e. The van der Waals surface area contributed by atoms with Crippen LogP contribution in [-0.2, 0) is 20.9 Å². The van der Waals surface area contributed by atoms with Gasteiger partial charge in [-0.2, -0.15) is 0 Å². The zero-order chi connectivity index (χ0) is 31.4. The fourth-order valence-corrected chi connectivity index (χ4v) is 2.63. The standard InChI is InChI=1S/C21H24N4O7.C4H10N2O.C2H6/c1-13(2)19(22)20(27)23-11-18(26)24-15-5-3-14(4-6-15)12-31-21(28)32-17-9-7-16(8-10-17)25(29)30;1-2-3-6-4(5)7;1-2/h3-10,13,19H,11-12,22H2,1-2H3,(H,23,27)(H,24,26);2-3H2,1H3,(H3,5,6,7);1-2H3. The van der Waals surface area contributed by atoms with Gasteiger partial charge in [0.25, 0.3) is 5.69 Å². The lowest BCUT2D eigenvalue weighted by Crippen LogP contribution is -2.46. The Morgan fingerprint density at radius 2 is 1.56 bits per heavy atom. The van der Waals surface area contributed by atoms with Crippen molar-refractivity contribution in [3.63, 3.8) is 0 Å². The molecule has 226 valence electrons. The van der Waals surface area contributed by atoms with Crippen molar-refractivity contribution in [2.24, 2.45) is 17.4 Å². The first-order valence-electron chi connectivity index (χ1n) is 13.0. The van der Waals surface area contributed by atoms with Gasteiger partial charge in [-0.15, -0.1) is 0 Å². The molecule has 2 rings (SSSR count). The number of hydrogen-bond donors (Lipinski definition) is 5. The summed E-state index contributed by atoms with van der Waals surface area (Å²) in [5, 5.41) is 18.1. The molecule has 41 heavy (non-hydrogen) atoms. The van der Waals surface area contributed by atoms with E-state index in [2.05, 4.69) is 16.0 Å². The number of nitrogens with one attached hydrogen (secondary N) is 3. The summed E-state index contributed by atoms with van der Waals surface area (Å²) in [6.45, 7) is 9.98. The predicted molar refractivity (Wildman–Crippen MR) is 154 cm³/mol. The predicted octanol–water partition coefficient (Wildman–Crippen LogP) is 3.44. The maximum Gasteiger partial charge on any atom is 0.514 e. The molecule has 7 N–H and O–H groups in total. The van der Waals surface area contributed by atoms with E-state index in [4.69, 9.17) is 20.9 Å². The highest BCUT2D eigenvalue weighted by molar-refractivity contribution is 5.95. The SMILES string of the molecule is CC.CC(C)C(N)C(=O)NCC(=O)Nc1ccc(COC(=O)Oc2ccc([N+](=O)[O-])cc2)cc1.CCCNC(N)=O. The Morgan fingerprint density at radius 1 is 0.976 bits per heavy atom. The highest BCUT2D eigenvalue weighted by Gasteiger charge is 2.17. The minimum atomic E-state index is -0.966. The zero-order valence-electron chi connectivity index (χ0n) is 24.0. The van der Waals surface area contributed by atoms with Gasteiger partial charge in [0.05, 0.1) is 17.5 Å². The van der Waals surface area contributed by atoms with Crippen molar-refractivity contribution in [2.45, 2.75) is 53.7 Å². The van der Waals surface area contributed by atoms with Gasteiger partial charge in [-0.25, -0.2) is 9.59 Å². The quantitative estimate of drug-likeness (QED) is 0.114. The van der Waals surface area contributed by atoms with Gasteiger partial charge in [0.15, 0.2) is 0 Å². The van der Waals surface area contributed by atoms with Gasteiger partial charge in [-0.05, 0) is 42.2 Å². The third kappa shape index (κ3) is 16.1. The lowest BCUT2D eigenvalue weighted by atomic mass is 10.1. The van der Waals surface area contributed by atoms with Crippen molar-refractivity contribution in [1.29, 1.82) is 0 Å². The van der Waals surface area contributed by atoms with E-state index in [1.54, 1.807) is 24.3 Å². The Bertz CT molecular complexity index is 1110. The number of primary amides is 1. The molecule has 1 unspecified atom stereocenters. The molecule has 0 aliphatic rings. The van der Waals surface area contributed by atoms with Gasteiger partial charge in [0.1, 0.15) is 12.4 Å². The first-order valence-corrected chi connectivity index (χ1v) is 13.0. The minimum absolute atomic E-state index is 0.0424. The summed E-state index contributed by atoms with van der Waals surface area (Å²) >= 11 is 0. The molecular weight excluding hydrogens is 536 g/mol. The monoisotopic (exact) mass is 576 g/mol. The molecule has 2 aromatic carbocycles. The number of urea groups is 1. The second-order valence-corrected chi connectivity index (χ2v) is 8.42. The van der Waals surface area contributed by atoms with Crippen LogP contribution in [0.5, 0.6) is 5.75 Å². The van der Waals surface area contributed by atoms with Crippen molar-refractivity contribution >= 4 is 35.4 Å². The Balaban J connectivity index is 0.00000155. The van der Waals surface area contributed by atoms with Gasteiger partial charge < -0.3 is 36.9 Å². The number of nitrogens with zero attached hydrogens (tertiary/aromatic N) is 1. The van der Waals surface area contributed by atoms with Crippen molar-refractivity contribution in [3.8, 4) is 5.75 Å². The molecule has 2 aromatic rings. The van der Waals surface area contributed by atoms with E-state index >= 15 is 0 Å². The number of nitro benzene ring substituents is 1. The third-order valence-corrected chi connectivity index (χ3v) is 4.84. The number of hydrogen-bond acceptors (Lipinski definition) is 9. The number of carbonyl (C=O) groups excluding carboxylic acids is 4. The van der Waals surface area contributed by atoms with Crippen LogP contribution in [0.2, 0.25) is 0 Å². The number of nitrogens with two attached hydrogens (primary N) is 2. The topological polar surface area (TPSA) is 218 Å². The van der Waals surface area contributed by atoms with Gasteiger partial charge in [0, 0.05) is 24.4 Å². The second kappa shape index (κ2) is 20.2. The first-order chi connectivity index (χ1) is 19.4. The molecule has 0 aromatic heterocycles. The molecule has 0 bridgehead atoms. The van der Waals surface area contributed by atoms with E-state index < -0.39 is 35.0 Å². The average molecular weight is 577 g/mol. The smallest absolute Gasteiger partial charge is 0.429 e. The number of amides is 4. The molecule has 0 spiro atoms. The Labute approximate surface area is 239 Å². The summed E-state index contributed by atoms with van der Waals surface area (Å²) in [6.07, 6.45) is -0.0327. The van der Waals surface area contributed by atoms with E-state index in [1.807, 2.05) is 34.6 Å². The van der Waals surface area contributed by atoms with Gasteiger partial charge in [0.2, 0.25) is 11.8 Å². The zero-order valence-corrected chi connectivity index (χ0v) is 24.0. The summed E-state index contributed by atoms with van der Waals surface area (Å²) in [6, 6.07) is 10.4. The van der Waals surface area contributed by atoms with Crippen LogP contribution in [0.25, 0.3) is 0 Å². The molecule has 0 saturated heterocycles. The lowest BCUT2D eigenvalue weighted by Gasteiger charge is -2.15. The molecule has 0 saturated carbocycles. The molecule has 0 radical (unpaired) electrons. The van der Waals surface area contributed by atoms with Crippen LogP contribution in [0.15, 0.2) is 48.5 Å². The summed E-state index contributed by atoms with van der Waals surface area (Å²) in [4.78, 5) is 55.4. The fraction of sp³-hybridized carbons (Fsp3) is 0.407. The van der Waals surface area contributed by atoms with E-state index in [-0.39, 0.29) is 30.5 Å². The maximum atomic E-state index is 12.0. The number of nitro groups is 1. The number of ether oxygens (including phenoxy) is 2. The molecule has 14 nitrogen and oxygen atoms in total. The van der Waals surface area contributed by atoms with Crippen LogP contribution in [0.1, 0.15) is 46.6 Å². The molecule has 0 aliphatic heterocycles. The lowest BCUT2D eigenvalue weighted by molar-refractivity contribution is -0.384. The van der Waals surface area contributed by atoms with Crippen molar-refractivity contribution < 1.29 is 33.6 Å². The van der Waals surface area contributed by atoms with Crippen LogP contribution in [0, 0.1) is 16.0 Å². The van der Waals surface area contributed by atoms with Gasteiger partial charge in [-0.3, -0.25) is 19.7 Å². The summed E-state index contributed by atoms with van der Waals surface area (Å²) in [5.74, 6) is -0.743.